The number of ether oxygens (including phenoxy) is 1. The molecule has 2 saturated heterocycles. The van der Waals surface area contributed by atoms with Gasteiger partial charge in [0, 0.05) is 37.3 Å². The molecule has 7 heteroatoms. The molecule has 3 aliphatic rings. The average molecular weight is 379 g/mol. The van der Waals surface area contributed by atoms with Crippen LogP contribution in [-0.2, 0) is 24.3 Å². The van der Waals surface area contributed by atoms with Crippen LogP contribution in [0.5, 0.6) is 6.01 Å². The van der Waals surface area contributed by atoms with Crippen molar-refractivity contribution in [1.82, 2.24) is 20.2 Å². The maximum atomic E-state index is 12.9. The lowest BCUT2D eigenvalue weighted by Crippen LogP contribution is -2.52. The first-order valence-electron chi connectivity index (χ1n) is 9.96. The van der Waals surface area contributed by atoms with Crippen LogP contribution in [-0.4, -0.2) is 53.1 Å². The second kappa shape index (κ2) is 7.05. The van der Waals surface area contributed by atoms with Gasteiger partial charge in [0.15, 0.2) is 0 Å². The molecule has 0 aliphatic carbocycles. The minimum atomic E-state index is 0.129. The van der Waals surface area contributed by atoms with Crippen LogP contribution in [0.25, 0.3) is 0 Å². The summed E-state index contributed by atoms with van der Waals surface area (Å²) >= 11 is 0. The number of methoxy groups -OCH3 is 1. The quantitative estimate of drug-likeness (QED) is 0.868. The Bertz CT molecular complexity index is 876. The first-order valence-corrected chi connectivity index (χ1v) is 9.96. The number of rotatable bonds is 4. The number of fused-ring (bicyclic) bond motifs is 3. The van der Waals surface area contributed by atoms with Crippen LogP contribution < -0.4 is 15.0 Å². The summed E-state index contributed by atoms with van der Waals surface area (Å²) in [5.41, 5.74) is 3.00. The second-order valence-corrected chi connectivity index (χ2v) is 7.91. The normalized spacial score (nSPS) is 23.7. The zero-order valence-electron chi connectivity index (χ0n) is 16.1. The number of anilines is 1. The van der Waals surface area contributed by atoms with E-state index < -0.39 is 0 Å². The molecular weight excluding hydrogens is 354 g/mol. The van der Waals surface area contributed by atoms with Crippen molar-refractivity contribution in [2.24, 2.45) is 0 Å². The zero-order valence-corrected chi connectivity index (χ0v) is 16.1. The molecule has 2 unspecified atom stereocenters. The molecule has 28 heavy (non-hydrogen) atoms. The van der Waals surface area contributed by atoms with Gasteiger partial charge in [0.2, 0.25) is 5.91 Å². The summed E-state index contributed by atoms with van der Waals surface area (Å²) < 4.78 is 5.39. The second-order valence-electron chi connectivity index (χ2n) is 7.91. The third-order valence-corrected chi connectivity index (χ3v) is 5.99. The Labute approximate surface area is 164 Å². The Hall–Kier alpha value is -2.67. The topological polar surface area (TPSA) is 70.6 Å². The third-order valence-electron chi connectivity index (χ3n) is 5.99. The fraction of sp³-hybridized carbons (Fsp3) is 0.476. The van der Waals surface area contributed by atoms with Crippen molar-refractivity contribution >= 4 is 11.7 Å². The molecular formula is C21H25N5O2. The van der Waals surface area contributed by atoms with Gasteiger partial charge in [-0.25, -0.2) is 0 Å². The smallest absolute Gasteiger partial charge is 0.318 e. The van der Waals surface area contributed by atoms with E-state index in [0.717, 1.165) is 35.7 Å². The highest BCUT2D eigenvalue weighted by Gasteiger charge is 2.36. The monoisotopic (exact) mass is 379 g/mol. The summed E-state index contributed by atoms with van der Waals surface area (Å²) in [6.45, 7) is 2.93. The number of nitrogens with one attached hydrogen (secondary N) is 1. The molecule has 3 aliphatic heterocycles. The first kappa shape index (κ1) is 17.4. The van der Waals surface area contributed by atoms with Crippen LogP contribution >= 0.6 is 0 Å². The van der Waals surface area contributed by atoms with Gasteiger partial charge in [-0.3, -0.25) is 4.79 Å². The van der Waals surface area contributed by atoms with Gasteiger partial charge in [-0.1, -0.05) is 30.3 Å². The van der Waals surface area contributed by atoms with E-state index in [1.165, 1.54) is 12.8 Å². The minimum absolute atomic E-state index is 0.129. The predicted octanol–water partition coefficient (Wildman–Crippen LogP) is 1.51. The van der Waals surface area contributed by atoms with Gasteiger partial charge in [-0.05, 0) is 18.4 Å². The lowest BCUT2D eigenvalue weighted by Gasteiger charge is -2.36. The number of piperazine rings is 1. The van der Waals surface area contributed by atoms with Gasteiger partial charge >= 0.3 is 6.01 Å². The van der Waals surface area contributed by atoms with Crippen molar-refractivity contribution in [3.63, 3.8) is 0 Å². The summed E-state index contributed by atoms with van der Waals surface area (Å²) in [5, 5.41) is 3.65. The largest absolute Gasteiger partial charge is 0.467 e. The fourth-order valence-electron chi connectivity index (χ4n) is 4.61. The van der Waals surface area contributed by atoms with Gasteiger partial charge in [-0.15, -0.1) is 0 Å². The van der Waals surface area contributed by atoms with E-state index in [4.69, 9.17) is 4.74 Å². The summed E-state index contributed by atoms with van der Waals surface area (Å²) in [6.07, 6.45) is 2.76. The Morgan fingerprint density at radius 3 is 2.61 bits per heavy atom. The standard InChI is InChI=1S/C21H25N5O2/c1-28-21-23-18-13-25(10-14-5-3-2-4-6-14)19(27)9-17(18)20(24-21)26-11-15-7-8-16(12-26)22-15/h2-6,15-16,22H,7-13H2,1H3. The number of benzene rings is 1. The summed E-state index contributed by atoms with van der Waals surface area (Å²) in [7, 11) is 1.60. The Balaban J connectivity index is 1.46. The van der Waals surface area contributed by atoms with E-state index in [0.29, 0.717) is 37.6 Å². The average Bonchev–Trinajstić information content (AvgIpc) is 3.06. The number of carbonyl (C=O) groups excluding carboxylic acids is 1. The summed E-state index contributed by atoms with van der Waals surface area (Å²) in [6, 6.07) is 11.5. The van der Waals surface area contributed by atoms with Crippen LogP contribution in [0, 0.1) is 0 Å². The number of hydrogen-bond donors (Lipinski definition) is 1. The highest BCUT2D eigenvalue weighted by molar-refractivity contribution is 5.82. The Morgan fingerprint density at radius 1 is 1.14 bits per heavy atom. The first-order chi connectivity index (χ1) is 13.7. The molecule has 0 saturated carbocycles. The number of carbonyl (C=O) groups is 1. The van der Waals surface area contributed by atoms with Gasteiger partial charge in [0.05, 0.1) is 25.8 Å². The van der Waals surface area contributed by atoms with Crippen molar-refractivity contribution < 1.29 is 9.53 Å². The highest BCUT2D eigenvalue weighted by Crippen LogP contribution is 2.32. The van der Waals surface area contributed by atoms with Gasteiger partial charge in [0.25, 0.3) is 0 Å². The van der Waals surface area contributed by atoms with Gasteiger partial charge in [0.1, 0.15) is 5.82 Å². The molecule has 1 amide bonds. The number of nitrogens with zero attached hydrogens (tertiary/aromatic N) is 4. The van der Waals surface area contributed by atoms with Crippen LogP contribution in [0.4, 0.5) is 5.82 Å². The zero-order chi connectivity index (χ0) is 19.1. The summed E-state index contributed by atoms with van der Waals surface area (Å²) in [4.78, 5) is 26.4. The molecule has 146 valence electrons. The van der Waals surface area contributed by atoms with Gasteiger partial charge < -0.3 is 19.9 Å². The number of hydrogen-bond acceptors (Lipinski definition) is 6. The molecule has 1 aromatic heterocycles. The van der Waals surface area contributed by atoms with Crippen LogP contribution in [0.2, 0.25) is 0 Å². The molecule has 0 spiro atoms. The molecule has 7 nitrogen and oxygen atoms in total. The molecule has 1 aromatic carbocycles. The molecule has 2 atom stereocenters. The van der Waals surface area contributed by atoms with Gasteiger partial charge in [-0.2, -0.15) is 9.97 Å². The predicted molar refractivity (Wildman–Crippen MR) is 105 cm³/mol. The SMILES string of the molecule is COc1nc2c(c(N3CC4CCC(C3)N4)n1)CC(=O)N(Cc1ccccc1)C2. The maximum Gasteiger partial charge on any atom is 0.318 e. The van der Waals surface area contributed by atoms with E-state index in [9.17, 15) is 4.79 Å². The maximum absolute atomic E-state index is 12.9. The van der Waals surface area contributed by atoms with Crippen LogP contribution in [0.15, 0.2) is 30.3 Å². The van der Waals surface area contributed by atoms with Crippen molar-refractivity contribution in [2.45, 2.75) is 44.4 Å². The number of amides is 1. The molecule has 2 bridgehead atoms. The number of aromatic nitrogens is 2. The minimum Gasteiger partial charge on any atom is -0.467 e. The van der Waals surface area contributed by atoms with Crippen molar-refractivity contribution in [3.8, 4) is 6.01 Å². The molecule has 0 radical (unpaired) electrons. The fourth-order valence-corrected chi connectivity index (χ4v) is 4.61. The Kier molecular flexibility index (Phi) is 4.39. The summed E-state index contributed by atoms with van der Waals surface area (Å²) in [5.74, 6) is 1.01. The highest BCUT2D eigenvalue weighted by atomic mass is 16.5. The molecule has 2 fully saturated rings. The Morgan fingerprint density at radius 2 is 1.89 bits per heavy atom. The molecule has 2 aromatic rings. The van der Waals surface area contributed by atoms with E-state index in [1.807, 2.05) is 35.2 Å². The van der Waals surface area contributed by atoms with E-state index in [2.05, 4.69) is 20.2 Å². The van der Waals surface area contributed by atoms with Crippen LogP contribution in [0.3, 0.4) is 0 Å². The van der Waals surface area contributed by atoms with Crippen molar-refractivity contribution in [3.05, 3.63) is 47.2 Å². The van der Waals surface area contributed by atoms with Crippen molar-refractivity contribution in [2.75, 3.05) is 25.1 Å². The third kappa shape index (κ3) is 3.20. The van der Waals surface area contributed by atoms with Crippen molar-refractivity contribution in [1.29, 1.82) is 0 Å². The molecule has 5 rings (SSSR count). The van der Waals surface area contributed by atoms with E-state index in [1.54, 1.807) is 7.11 Å². The van der Waals surface area contributed by atoms with E-state index >= 15 is 0 Å². The van der Waals surface area contributed by atoms with Crippen LogP contribution in [0.1, 0.15) is 29.7 Å². The molecule has 4 heterocycles. The lowest BCUT2D eigenvalue weighted by molar-refractivity contribution is -0.132. The molecule has 1 N–H and O–H groups in total. The van der Waals surface area contributed by atoms with E-state index in [-0.39, 0.29) is 5.91 Å². The lowest BCUT2D eigenvalue weighted by atomic mass is 10.0.